The number of ether oxygens (including phenoxy) is 1. The third-order valence-corrected chi connectivity index (χ3v) is 4.25. The van der Waals surface area contributed by atoms with Crippen LogP contribution >= 0.6 is 0 Å². The normalized spacial score (nSPS) is 13.3. The Bertz CT molecular complexity index is 553. The van der Waals surface area contributed by atoms with Crippen molar-refractivity contribution in [2.24, 2.45) is 0 Å². The van der Waals surface area contributed by atoms with Crippen LogP contribution in [0.5, 0.6) is 5.75 Å². The average Bonchev–Trinajstić information content (AvgIpc) is 2.56. The molecule has 1 aromatic rings. The molecule has 0 spiro atoms. The van der Waals surface area contributed by atoms with E-state index in [1.165, 1.54) is 19.3 Å². The maximum atomic E-state index is 11.3. The molecule has 24 heavy (non-hydrogen) atoms. The van der Waals surface area contributed by atoms with Crippen molar-refractivity contribution < 1.29 is 24.5 Å². The maximum Gasteiger partial charge on any atom is 0.310 e. The van der Waals surface area contributed by atoms with Crippen molar-refractivity contribution in [3.8, 4) is 5.75 Å². The van der Waals surface area contributed by atoms with Gasteiger partial charge in [0.2, 0.25) is 0 Å². The molecule has 0 fully saturated rings. The number of rotatable bonds is 11. The van der Waals surface area contributed by atoms with Crippen LogP contribution < -0.4 is 4.74 Å². The molecule has 0 aliphatic heterocycles. The molecule has 0 bridgehead atoms. The third-order valence-electron chi connectivity index (χ3n) is 4.25. The molecule has 2 atom stereocenters. The van der Waals surface area contributed by atoms with E-state index in [1.807, 2.05) is 0 Å². The fourth-order valence-electron chi connectivity index (χ4n) is 2.57. The van der Waals surface area contributed by atoms with Crippen molar-refractivity contribution >= 4 is 11.9 Å². The Morgan fingerprint density at radius 3 is 2.12 bits per heavy atom. The second-order valence-electron chi connectivity index (χ2n) is 6.17. The predicted molar refractivity (Wildman–Crippen MR) is 92.8 cm³/mol. The topological polar surface area (TPSA) is 83.8 Å². The lowest BCUT2D eigenvalue weighted by molar-refractivity contribution is -0.140. The molecule has 0 saturated carbocycles. The zero-order valence-corrected chi connectivity index (χ0v) is 14.7. The third kappa shape index (κ3) is 5.87. The summed E-state index contributed by atoms with van der Waals surface area (Å²) in [4.78, 5) is 22.6. The van der Waals surface area contributed by atoms with E-state index in [-0.39, 0.29) is 0 Å². The monoisotopic (exact) mass is 336 g/mol. The van der Waals surface area contributed by atoms with Crippen molar-refractivity contribution in [1.82, 2.24) is 0 Å². The Labute approximate surface area is 143 Å². The zero-order valence-electron chi connectivity index (χ0n) is 14.7. The first kappa shape index (κ1) is 20.0. The van der Waals surface area contributed by atoms with Gasteiger partial charge in [0.1, 0.15) is 5.75 Å². The van der Waals surface area contributed by atoms with Gasteiger partial charge >= 0.3 is 11.9 Å². The van der Waals surface area contributed by atoms with Crippen LogP contribution in [0.3, 0.4) is 0 Å². The molecule has 0 aliphatic rings. The minimum absolute atomic E-state index is 0.501. The van der Waals surface area contributed by atoms with Crippen molar-refractivity contribution in [2.45, 2.75) is 64.7 Å². The first-order valence-corrected chi connectivity index (χ1v) is 8.60. The first-order valence-electron chi connectivity index (χ1n) is 8.60. The molecular formula is C19H28O5. The van der Waals surface area contributed by atoms with E-state index in [9.17, 15) is 19.8 Å². The van der Waals surface area contributed by atoms with E-state index in [2.05, 4.69) is 6.92 Å². The van der Waals surface area contributed by atoms with Crippen LogP contribution in [-0.4, -0.2) is 28.8 Å². The highest BCUT2D eigenvalue weighted by molar-refractivity contribution is 5.80. The lowest BCUT2D eigenvalue weighted by Gasteiger charge is -2.18. The lowest BCUT2D eigenvalue weighted by atomic mass is 9.89. The quantitative estimate of drug-likeness (QED) is 0.585. The number of carboxylic acids is 2. The first-order chi connectivity index (χ1) is 11.4. The summed E-state index contributed by atoms with van der Waals surface area (Å²) in [6.07, 6.45) is 5.68. The highest BCUT2D eigenvalue weighted by Crippen LogP contribution is 2.30. The van der Waals surface area contributed by atoms with Gasteiger partial charge in [0.15, 0.2) is 0 Å². The zero-order chi connectivity index (χ0) is 18.1. The van der Waals surface area contributed by atoms with Gasteiger partial charge in [-0.1, -0.05) is 38.7 Å². The summed E-state index contributed by atoms with van der Waals surface area (Å²) in [5, 5.41) is 18.5. The smallest absolute Gasteiger partial charge is 0.310 e. The van der Waals surface area contributed by atoms with Crippen molar-refractivity contribution in [3.05, 3.63) is 29.3 Å². The summed E-state index contributed by atoms with van der Waals surface area (Å²) in [5.41, 5.74) is 1.02. The van der Waals surface area contributed by atoms with Gasteiger partial charge in [0.25, 0.3) is 0 Å². The SMILES string of the molecule is CCCCCCCOc1ccc(C(C)C(=O)O)c(C(C)C(=O)O)c1. The van der Waals surface area contributed by atoms with Gasteiger partial charge in [-0.25, -0.2) is 0 Å². The van der Waals surface area contributed by atoms with Crippen LogP contribution in [0.1, 0.15) is 75.8 Å². The highest BCUT2D eigenvalue weighted by Gasteiger charge is 2.24. The van der Waals surface area contributed by atoms with E-state index in [4.69, 9.17) is 4.74 Å². The molecule has 0 aliphatic carbocycles. The minimum Gasteiger partial charge on any atom is -0.494 e. The molecule has 0 saturated heterocycles. The van der Waals surface area contributed by atoms with Gasteiger partial charge in [-0.3, -0.25) is 9.59 Å². The summed E-state index contributed by atoms with van der Waals surface area (Å²) in [5.74, 6) is -2.90. The van der Waals surface area contributed by atoms with Gasteiger partial charge < -0.3 is 14.9 Å². The van der Waals surface area contributed by atoms with Crippen LogP contribution in [0.4, 0.5) is 0 Å². The largest absolute Gasteiger partial charge is 0.494 e. The van der Waals surface area contributed by atoms with Crippen LogP contribution in [0.15, 0.2) is 18.2 Å². The van der Waals surface area contributed by atoms with E-state index in [1.54, 1.807) is 32.0 Å². The molecule has 1 rings (SSSR count). The standard InChI is InChI=1S/C19H28O5/c1-4-5-6-7-8-11-24-15-9-10-16(13(2)18(20)21)17(12-15)14(3)19(22)23/h9-10,12-14H,4-8,11H2,1-3H3,(H,20,21)(H,22,23). The second kappa shape index (κ2) is 9.96. The number of benzene rings is 1. The van der Waals surface area contributed by atoms with Crippen LogP contribution in [-0.2, 0) is 9.59 Å². The van der Waals surface area contributed by atoms with Crippen LogP contribution in [0, 0.1) is 0 Å². The lowest BCUT2D eigenvalue weighted by Crippen LogP contribution is -2.15. The highest BCUT2D eigenvalue weighted by atomic mass is 16.5. The Balaban J connectivity index is 2.84. The van der Waals surface area contributed by atoms with Gasteiger partial charge in [0, 0.05) is 0 Å². The molecule has 0 aromatic heterocycles. The molecule has 0 heterocycles. The number of hydrogen-bond donors (Lipinski definition) is 2. The molecular weight excluding hydrogens is 308 g/mol. The van der Waals surface area contributed by atoms with Gasteiger partial charge in [-0.05, 0) is 43.5 Å². The molecule has 5 nitrogen and oxygen atoms in total. The summed E-state index contributed by atoms with van der Waals surface area (Å²) in [7, 11) is 0. The summed E-state index contributed by atoms with van der Waals surface area (Å²) in [6, 6.07) is 5.05. The summed E-state index contributed by atoms with van der Waals surface area (Å²) >= 11 is 0. The fourth-order valence-corrected chi connectivity index (χ4v) is 2.57. The number of hydrogen-bond acceptors (Lipinski definition) is 3. The fraction of sp³-hybridized carbons (Fsp3) is 0.579. The van der Waals surface area contributed by atoms with Gasteiger partial charge in [0.05, 0.1) is 18.4 Å². The van der Waals surface area contributed by atoms with Crippen molar-refractivity contribution in [3.63, 3.8) is 0 Å². The molecule has 5 heteroatoms. The van der Waals surface area contributed by atoms with Gasteiger partial charge in [-0.2, -0.15) is 0 Å². The molecule has 2 N–H and O–H groups in total. The minimum atomic E-state index is -0.981. The molecule has 0 amide bonds. The Morgan fingerprint density at radius 2 is 1.54 bits per heavy atom. The van der Waals surface area contributed by atoms with Gasteiger partial charge in [-0.15, -0.1) is 0 Å². The molecule has 0 radical (unpaired) electrons. The Morgan fingerprint density at radius 1 is 0.958 bits per heavy atom. The van der Waals surface area contributed by atoms with E-state index in [0.29, 0.717) is 23.5 Å². The van der Waals surface area contributed by atoms with Crippen molar-refractivity contribution in [1.29, 1.82) is 0 Å². The summed E-state index contributed by atoms with van der Waals surface area (Å²) < 4.78 is 5.71. The summed E-state index contributed by atoms with van der Waals surface area (Å²) in [6.45, 7) is 5.87. The molecule has 1 aromatic carbocycles. The van der Waals surface area contributed by atoms with Crippen LogP contribution in [0.2, 0.25) is 0 Å². The number of unbranched alkanes of at least 4 members (excludes halogenated alkanes) is 4. The Hall–Kier alpha value is -2.04. The number of carbonyl (C=O) groups is 2. The van der Waals surface area contributed by atoms with E-state index >= 15 is 0 Å². The predicted octanol–water partition coefficient (Wildman–Crippen LogP) is 4.41. The molecule has 134 valence electrons. The molecule has 2 unspecified atom stereocenters. The Kier molecular flexibility index (Phi) is 8.30. The van der Waals surface area contributed by atoms with Crippen molar-refractivity contribution in [2.75, 3.05) is 6.61 Å². The second-order valence-corrected chi connectivity index (χ2v) is 6.17. The average molecular weight is 336 g/mol. The van der Waals surface area contributed by atoms with E-state index in [0.717, 1.165) is 12.8 Å². The number of carboxylic acid groups (broad SMARTS) is 2. The number of aliphatic carboxylic acids is 2. The van der Waals surface area contributed by atoms with E-state index < -0.39 is 23.8 Å². The van der Waals surface area contributed by atoms with Crippen LogP contribution in [0.25, 0.3) is 0 Å². The maximum absolute atomic E-state index is 11.3.